The molecule has 6 heteroatoms. The van der Waals surface area contributed by atoms with Crippen molar-refractivity contribution >= 4 is 25.0 Å². The molecule has 0 spiro atoms. The monoisotopic (exact) mass is 254 g/mol. The summed E-state index contributed by atoms with van der Waals surface area (Å²) in [5, 5.41) is 0. The van der Waals surface area contributed by atoms with Crippen LogP contribution in [0.4, 0.5) is 0 Å². The van der Waals surface area contributed by atoms with Gasteiger partial charge in [-0.15, -0.1) is 0 Å². The Morgan fingerprint density at radius 1 is 1.39 bits per heavy atom. The summed E-state index contributed by atoms with van der Waals surface area (Å²) in [7, 11) is 2.77. The third-order valence-corrected chi connectivity index (χ3v) is 2.14. The summed E-state index contributed by atoms with van der Waals surface area (Å²) in [6.07, 6.45) is 4.83. The van der Waals surface area contributed by atoms with E-state index in [4.69, 9.17) is 4.74 Å². The van der Waals surface area contributed by atoms with E-state index < -0.39 is 0 Å². The summed E-state index contributed by atoms with van der Waals surface area (Å²) in [6, 6.07) is 0. The van der Waals surface area contributed by atoms with E-state index in [1.807, 2.05) is 0 Å². The number of rotatable bonds is 8. The number of methoxy groups -OCH3 is 2. The number of hydrogen-bond donors (Lipinski definition) is 0. The first-order valence-electron chi connectivity index (χ1n) is 5.40. The molecular weight excluding hydrogens is 236 g/mol. The lowest BCUT2D eigenvalue weighted by atomic mass is 10.1. The van der Waals surface area contributed by atoms with Gasteiger partial charge in [0, 0.05) is 6.42 Å². The Bertz CT molecular complexity index is 337. The van der Waals surface area contributed by atoms with Crippen molar-refractivity contribution in [2.75, 3.05) is 20.8 Å². The van der Waals surface area contributed by atoms with Crippen LogP contribution in [0.15, 0.2) is 22.1 Å². The van der Waals surface area contributed by atoms with Crippen molar-refractivity contribution in [1.29, 1.82) is 0 Å². The van der Waals surface area contributed by atoms with E-state index in [1.165, 1.54) is 14.2 Å². The van der Waals surface area contributed by atoms with E-state index in [0.717, 1.165) is 0 Å². The molecule has 0 heterocycles. The quantitative estimate of drug-likeness (QED) is 0.213. The average Bonchev–Trinajstić information content (AvgIpc) is 2.39. The highest BCUT2D eigenvalue weighted by Crippen LogP contribution is 2.06. The van der Waals surface area contributed by atoms with Crippen LogP contribution in [-0.4, -0.2) is 45.8 Å². The molecule has 1 unspecified atom stereocenters. The van der Waals surface area contributed by atoms with E-state index in [0.29, 0.717) is 25.8 Å². The third-order valence-electron chi connectivity index (χ3n) is 2.14. The molecule has 0 radical (unpaired) electrons. The first-order chi connectivity index (χ1) is 8.69. The topological polar surface area (TPSA) is 77.3 Å². The highest BCUT2D eigenvalue weighted by molar-refractivity contribution is 5.86. The summed E-state index contributed by atoms with van der Waals surface area (Å²) in [5.41, 5.74) is 0. The van der Waals surface area contributed by atoms with Crippen LogP contribution in [0.2, 0.25) is 0 Å². The molecule has 0 saturated carbocycles. The first-order valence-corrected chi connectivity index (χ1v) is 5.40. The Labute approximate surface area is 106 Å². The predicted molar refractivity (Wildman–Crippen MR) is 68.8 cm³/mol. The molecule has 0 rings (SSSR count). The predicted octanol–water partition coefficient (Wildman–Crippen LogP) is 1.01. The Kier molecular flexibility index (Phi) is 9.07. The molecule has 0 fully saturated rings. The fourth-order valence-electron chi connectivity index (χ4n) is 1.28. The van der Waals surface area contributed by atoms with Crippen LogP contribution in [-0.2, 0) is 19.1 Å². The zero-order valence-corrected chi connectivity index (χ0v) is 10.7. The van der Waals surface area contributed by atoms with Gasteiger partial charge in [0.1, 0.15) is 0 Å². The van der Waals surface area contributed by atoms with Gasteiger partial charge < -0.3 is 9.47 Å². The Morgan fingerprint density at radius 2 is 2.11 bits per heavy atom. The van der Waals surface area contributed by atoms with Crippen LogP contribution >= 0.6 is 0 Å². The van der Waals surface area contributed by atoms with Gasteiger partial charge in [-0.3, -0.25) is 14.6 Å². The molecule has 0 bridgehead atoms. The largest absolute Gasteiger partial charge is 0.484 e. The summed E-state index contributed by atoms with van der Waals surface area (Å²) in [6.45, 7) is 3.75. The molecule has 18 heavy (non-hydrogen) atoms. The molecule has 0 aliphatic rings. The number of nitrogens with zero attached hydrogens (tertiary/aromatic N) is 2. The van der Waals surface area contributed by atoms with Gasteiger partial charge in [0.15, 0.2) is 5.90 Å². The normalized spacial score (nSPS) is 13.1. The molecule has 0 aromatic rings. The van der Waals surface area contributed by atoms with Crippen molar-refractivity contribution in [3.8, 4) is 0 Å². The highest BCUT2D eigenvalue weighted by Gasteiger charge is 2.12. The van der Waals surface area contributed by atoms with Gasteiger partial charge in [-0.2, -0.15) is 4.99 Å². The second kappa shape index (κ2) is 10.2. The fourth-order valence-corrected chi connectivity index (χ4v) is 1.28. The standard InChI is InChI=1S/C12H18N2O4/c1-13-8-10(12(18-3)14-9-15)6-4-5-7-11(16)17-2/h4,6,9-10H,1,5,7-8H2,2-3H3/b6-4+,14-12+. The zero-order chi connectivity index (χ0) is 13.8. The Morgan fingerprint density at radius 3 is 2.61 bits per heavy atom. The van der Waals surface area contributed by atoms with Gasteiger partial charge >= 0.3 is 5.97 Å². The minimum Gasteiger partial charge on any atom is -0.484 e. The lowest BCUT2D eigenvalue weighted by molar-refractivity contribution is -0.140. The maximum atomic E-state index is 10.9. The van der Waals surface area contributed by atoms with Gasteiger partial charge in [-0.1, -0.05) is 12.2 Å². The van der Waals surface area contributed by atoms with Gasteiger partial charge in [0.2, 0.25) is 6.41 Å². The van der Waals surface area contributed by atoms with E-state index in [9.17, 15) is 9.59 Å². The second-order valence-corrected chi connectivity index (χ2v) is 3.33. The number of hydrogen-bond acceptors (Lipinski definition) is 5. The Balaban J connectivity index is 4.46. The van der Waals surface area contributed by atoms with Crippen LogP contribution in [0.25, 0.3) is 0 Å². The Hall–Kier alpha value is -1.98. The lowest BCUT2D eigenvalue weighted by Gasteiger charge is -2.10. The third kappa shape index (κ3) is 6.57. The molecule has 0 aromatic carbocycles. The van der Waals surface area contributed by atoms with Crippen molar-refractivity contribution in [1.82, 2.24) is 0 Å². The molecule has 0 aliphatic heterocycles. The number of aliphatic imine (C=N–C) groups is 2. The molecule has 0 aromatic heterocycles. The lowest BCUT2D eigenvalue weighted by Crippen LogP contribution is -2.17. The zero-order valence-electron chi connectivity index (χ0n) is 10.7. The van der Waals surface area contributed by atoms with Gasteiger partial charge in [-0.05, 0) is 13.1 Å². The van der Waals surface area contributed by atoms with Gasteiger partial charge in [0.25, 0.3) is 0 Å². The van der Waals surface area contributed by atoms with Crippen LogP contribution < -0.4 is 0 Å². The SMILES string of the molecule is C=NCC(/C=C/CCC(=O)OC)/C(=N\C=O)OC. The number of allylic oxidation sites excluding steroid dienone is 1. The van der Waals surface area contributed by atoms with Crippen LogP contribution in [0.3, 0.4) is 0 Å². The molecule has 0 N–H and O–H groups in total. The van der Waals surface area contributed by atoms with Gasteiger partial charge in [0.05, 0.1) is 26.7 Å². The van der Waals surface area contributed by atoms with Crippen molar-refractivity contribution in [2.24, 2.45) is 15.9 Å². The summed E-state index contributed by atoms with van der Waals surface area (Å²) in [5.74, 6) is -0.256. The van der Waals surface area contributed by atoms with Crippen molar-refractivity contribution in [3.63, 3.8) is 0 Å². The molecule has 6 nitrogen and oxygen atoms in total. The van der Waals surface area contributed by atoms with Crippen LogP contribution in [0.5, 0.6) is 0 Å². The summed E-state index contributed by atoms with van der Waals surface area (Å²) >= 11 is 0. The molecule has 100 valence electrons. The molecule has 0 aliphatic carbocycles. The number of esters is 1. The number of carbonyl (C=O) groups is 2. The molecule has 1 atom stereocenters. The van der Waals surface area contributed by atoms with Crippen LogP contribution in [0.1, 0.15) is 12.8 Å². The second-order valence-electron chi connectivity index (χ2n) is 3.33. The molecular formula is C12H18N2O4. The molecule has 1 amide bonds. The smallest absolute Gasteiger partial charge is 0.305 e. The van der Waals surface area contributed by atoms with E-state index in [1.54, 1.807) is 12.2 Å². The highest BCUT2D eigenvalue weighted by atomic mass is 16.5. The summed E-state index contributed by atoms with van der Waals surface area (Å²) < 4.78 is 9.51. The van der Waals surface area contributed by atoms with Gasteiger partial charge in [-0.25, -0.2) is 0 Å². The van der Waals surface area contributed by atoms with Crippen molar-refractivity contribution in [2.45, 2.75) is 12.8 Å². The van der Waals surface area contributed by atoms with Crippen molar-refractivity contribution in [3.05, 3.63) is 12.2 Å². The maximum absolute atomic E-state index is 10.9. The number of ether oxygens (including phenoxy) is 2. The van der Waals surface area contributed by atoms with Crippen molar-refractivity contribution < 1.29 is 19.1 Å². The van der Waals surface area contributed by atoms with E-state index >= 15 is 0 Å². The van der Waals surface area contributed by atoms with E-state index in [-0.39, 0.29) is 17.8 Å². The fraction of sp³-hybridized carbons (Fsp3) is 0.500. The number of amides is 1. The number of carbonyl (C=O) groups excluding carboxylic acids is 2. The molecule has 0 saturated heterocycles. The maximum Gasteiger partial charge on any atom is 0.305 e. The first kappa shape index (κ1) is 16.0. The van der Waals surface area contributed by atoms with Crippen LogP contribution in [0, 0.1) is 5.92 Å². The minimum atomic E-state index is -0.272. The van der Waals surface area contributed by atoms with E-state index in [2.05, 4.69) is 21.4 Å². The minimum absolute atomic E-state index is 0.254. The summed E-state index contributed by atoms with van der Waals surface area (Å²) in [4.78, 5) is 28.6. The average molecular weight is 254 g/mol.